The quantitative estimate of drug-likeness (QED) is 0.845. The number of halogens is 1. The zero-order valence-corrected chi connectivity index (χ0v) is 10.5. The van der Waals surface area contributed by atoms with Crippen LogP contribution in [0.25, 0.3) is 0 Å². The summed E-state index contributed by atoms with van der Waals surface area (Å²) in [4.78, 5) is 6.05. The largest absolute Gasteiger partial charge is 0.399 e. The summed E-state index contributed by atoms with van der Waals surface area (Å²) >= 11 is 0. The number of benzene rings is 1. The van der Waals surface area contributed by atoms with Gasteiger partial charge in [0.05, 0.1) is 12.2 Å². The molecule has 1 unspecified atom stereocenters. The predicted octanol–water partition coefficient (Wildman–Crippen LogP) is 3.00. The van der Waals surface area contributed by atoms with Crippen LogP contribution >= 0.6 is 0 Å². The zero-order chi connectivity index (χ0) is 13.1. The van der Waals surface area contributed by atoms with Crippen LogP contribution in [0, 0.1) is 5.82 Å². The summed E-state index contributed by atoms with van der Waals surface area (Å²) in [7, 11) is 1.92. The van der Waals surface area contributed by atoms with Gasteiger partial charge in [-0.1, -0.05) is 12.1 Å². The predicted molar refractivity (Wildman–Crippen MR) is 71.9 cm³/mol. The molecular formula is C14H16FN3. The monoisotopic (exact) mass is 245 g/mol. The van der Waals surface area contributed by atoms with Gasteiger partial charge in [0.1, 0.15) is 11.6 Å². The molecule has 18 heavy (non-hydrogen) atoms. The zero-order valence-electron chi connectivity index (χ0n) is 10.5. The average Bonchev–Trinajstić information content (AvgIpc) is 2.38. The molecule has 1 atom stereocenters. The van der Waals surface area contributed by atoms with Crippen molar-refractivity contribution >= 4 is 11.5 Å². The molecule has 0 spiro atoms. The highest BCUT2D eigenvalue weighted by Gasteiger charge is 2.13. The maximum Gasteiger partial charge on any atom is 0.141 e. The smallest absolute Gasteiger partial charge is 0.141 e. The van der Waals surface area contributed by atoms with Gasteiger partial charge in [0, 0.05) is 12.7 Å². The van der Waals surface area contributed by atoms with E-state index in [1.807, 2.05) is 36.2 Å². The molecule has 0 aliphatic heterocycles. The lowest BCUT2D eigenvalue weighted by Gasteiger charge is -2.26. The molecule has 2 rings (SSSR count). The Morgan fingerprint density at radius 2 is 2.06 bits per heavy atom. The molecule has 94 valence electrons. The molecule has 0 bridgehead atoms. The second-order valence-electron chi connectivity index (χ2n) is 4.29. The van der Waals surface area contributed by atoms with Crippen molar-refractivity contribution in [2.45, 2.75) is 13.0 Å². The molecule has 1 heterocycles. The number of hydrogen-bond acceptors (Lipinski definition) is 3. The lowest BCUT2D eigenvalue weighted by Crippen LogP contribution is -2.22. The Hall–Kier alpha value is -2.10. The molecular weight excluding hydrogens is 229 g/mol. The number of nitrogen functional groups attached to an aromatic ring is 1. The van der Waals surface area contributed by atoms with Crippen LogP contribution in [-0.2, 0) is 0 Å². The van der Waals surface area contributed by atoms with E-state index < -0.39 is 0 Å². The molecule has 1 aromatic carbocycles. The number of rotatable bonds is 3. The van der Waals surface area contributed by atoms with Gasteiger partial charge in [-0.2, -0.15) is 0 Å². The van der Waals surface area contributed by atoms with Gasteiger partial charge in [0.15, 0.2) is 0 Å². The minimum absolute atomic E-state index is 0.117. The topological polar surface area (TPSA) is 42.1 Å². The van der Waals surface area contributed by atoms with Gasteiger partial charge in [-0.3, -0.25) is 0 Å². The van der Waals surface area contributed by atoms with Crippen LogP contribution in [0.1, 0.15) is 18.5 Å². The number of nitrogens with two attached hydrogens (primary N) is 1. The van der Waals surface area contributed by atoms with Crippen molar-refractivity contribution in [1.82, 2.24) is 4.98 Å². The third kappa shape index (κ3) is 2.59. The van der Waals surface area contributed by atoms with Gasteiger partial charge in [-0.05, 0) is 36.8 Å². The van der Waals surface area contributed by atoms with E-state index in [1.165, 1.54) is 12.3 Å². The van der Waals surface area contributed by atoms with Crippen LogP contribution in [0.4, 0.5) is 15.9 Å². The van der Waals surface area contributed by atoms with Gasteiger partial charge in [0.2, 0.25) is 0 Å². The molecule has 0 fully saturated rings. The number of hydrogen-bond donors (Lipinski definition) is 1. The highest BCUT2D eigenvalue weighted by Crippen LogP contribution is 2.24. The van der Waals surface area contributed by atoms with E-state index in [4.69, 9.17) is 5.73 Å². The molecule has 2 N–H and O–H groups in total. The third-order valence-corrected chi connectivity index (χ3v) is 3.05. The maximum atomic E-state index is 12.8. The summed E-state index contributed by atoms with van der Waals surface area (Å²) in [5.41, 5.74) is 7.61. The molecule has 0 radical (unpaired) electrons. The lowest BCUT2D eigenvalue weighted by atomic mass is 10.1. The van der Waals surface area contributed by atoms with Crippen LogP contribution in [0.15, 0.2) is 42.6 Å². The highest BCUT2D eigenvalue weighted by atomic mass is 19.1. The fourth-order valence-electron chi connectivity index (χ4n) is 1.82. The van der Waals surface area contributed by atoms with Gasteiger partial charge >= 0.3 is 0 Å². The normalized spacial score (nSPS) is 12.2. The SMILES string of the molecule is CC(c1cccc(N)c1)N(C)c1ccc(F)cn1. The van der Waals surface area contributed by atoms with E-state index >= 15 is 0 Å². The first-order valence-electron chi connectivity index (χ1n) is 5.78. The van der Waals surface area contributed by atoms with Gasteiger partial charge in [0.25, 0.3) is 0 Å². The Labute approximate surface area is 106 Å². The summed E-state index contributed by atoms with van der Waals surface area (Å²) < 4.78 is 12.8. The lowest BCUT2D eigenvalue weighted by molar-refractivity contribution is 0.619. The fourth-order valence-corrected chi connectivity index (χ4v) is 1.82. The molecule has 0 aliphatic rings. The van der Waals surface area contributed by atoms with E-state index in [9.17, 15) is 4.39 Å². The molecule has 0 saturated carbocycles. The summed E-state index contributed by atoms with van der Waals surface area (Å²) in [6.07, 6.45) is 1.22. The van der Waals surface area contributed by atoms with Gasteiger partial charge in [-0.15, -0.1) is 0 Å². The fraction of sp³-hybridized carbons (Fsp3) is 0.214. The van der Waals surface area contributed by atoms with E-state index in [0.29, 0.717) is 0 Å². The number of nitrogens with zero attached hydrogens (tertiary/aromatic N) is 2. The summed E-state index contributed by atoms with van der Waals surface area (Å²) in [5.74, 6) is 0.398. The van der Waals surface area contributed by atoms with Crippen molar-refractivity contribution in [2.24, 2.45) is 0 Å². The molecule has 4 heteroatoms. The van der Waals surface area contributed by atoms with Crippen LogP contribution in [0.5, 0.6) is 0 Å². The highest BCUT2D eigenvalue weighted by molar-refractivity contribution is 5.46. The van der Waals surface area contributed by atoms with Crippen molar-refractivity contribution < 1.29 is 4.39 Å². The standard InChI is InChI=1S/C14H16FN3/c1-10(11-4-3-5-13(16)8-11)18(2)14-7-6-12(15)9-17-14/h3-10H,16H2,1-2H3. The first kappa shape index (κ1) is 12.4. The second-order valence-corrected chi connectivity index (χ2v) is 4.29. The molecule has 2 aromatic rings. The summed E-state index contributed by atoms with van der Waals surface area (Å²) in [6.45, 7) is 2.06. The Morgan fingerprint density at radius 1 is 1.28 bits per heavy atom. The number of pyridine rings is 1. The van der Waals surface area contributed by atoms with Crippen molar-refractivity contribution in [3.8, 4) is 0 Å². The maximum absolute atomic E-state index is 12.8. The Kier molecular flexibility index (Phi) is 3.46. The first-order valence-corrected chi connectivity index (χ1v) is 5.78. The minimum Gasteiger partial charge on any atom is -0.399 e. The molecule has 0 aliphatic carbocycles. The molecule has 0 amide bonds. The van der Waals surface area contributed by atoms with Crippen molar-refractivity contribution in [2.75, 3.05) is 17.7 Å². The van der Waals surface area contributed by atoms with E-state index in [0.717, 1.165) is 17.1 Å². The van der Waals surface area contributed by atoms with Crippen molar-refractivity contribution in [1.29, 1.82) is 0 Å². The van der Waals surface area contributed by atoms with Crippen LogP contribution < -0.4 is 10.6 Å². The average molecular weight is 245 g/mol. The number of aromatic nitrogens is 1. The first-order chi connectivity index (χ1) is 8.58. The Morgan fingerprint density at radius 3 is 2.67 bits per heavy atom. The minimum atomic E-state index is -0.330. The Bertz CT molecular complexity index is 525. The van der Waals surface area contributed by atoms with Crippen LogP contribution in [0.3, 0.4) is 0 Å². The molecule has 3 nitrogen and oxygen atoms in total. The second kappa shape index (κ2) is 5.04. The van der Waals surface area contributed by atoms with Gasteiger partial charge in [-0.25, -0.2) is 9.37 Å². The van der Waals surface area contributed by atoms with Gasteiger partial charge < -0.3 is 10.6 Å². The van der Waals surface area contributed by atoms with Crippen LogP contribution in [0.2, 0.25) is 0 Å². The van der Waals surface area contributed by atoms with Crippen molar-refractivity contribution in [3.63, 3.8) is 0 Å². The van der Waals surface area contributed by atoms with E-state index in [2.05, 4.69) is 11.9 Å². The Balaban J connectivity index is 2.23. The molecule has 1 aromatic heterocycles. The number of anilines is 2. The summed E-state index contributed by atoms with van der Waals surface area (Å²) in [5, 5.41) is 0. The molecule has 0 saturated heterocycles. The third-order valence-electron chi connectivity index (χ3n) is 3.05. The summed E-state index contributed by atoms with van der Waals surface area (Å²) in [6, 6.07) is 10.9. The van der Waals surface area contributed by atoms with E-state index in [-0.39, 0.29) is 11.9 Å². The van der Waals surface area contributed by atoms with Crippen molar-refractivity contribution in [3.05, 3.63) is 54.0 Å². The van der Waals surface area contributed by atoms with E-state index in [1.54, 1.807) is 6.07 Å². The van der Waals surface area contributed by atoms with Crippen LogP contribution in [-0.4, -0.2) is 12.0 Å².